The first-order valence-electron chi connectivity index (χ1n) is 13.4. The summed E-state index contributed by atoms with van der Waals surface area (Å²) in [5.74, 6) is 0.418. The lowest BCUT2D eigenvalue weighted by atomic mass is 9.80. The molecule has 0 heterocycles. The molecule has 0 radical (unpaired) electrons. The first-order chi connectivity index (χ1) is 17.5. The van der Waals surface area contributed by atoms with Crippen molar-refractivity contribution in [3.05, 3.63) is 47.7 Å². The zero-order chi connectivity index (χ0) is 27.4. The number of ketones is 1. The number of rotatable bonds is 11. The smallest absolute Gasteiger partial charge is 0.468 e. The molecule has 1 aliphatic rings. The Morgan fingerprint density at radius 3 is 2.16 bits per heavy atom. The van der Waals surface area contributed by atoms with Gasteiger partial charge >= 0.3 is 6.18 Å². The summed E-state index contributed by atoms with van der Waals surface area (Å²) in [5.41, 5.74) is 3.18. The van der Waals surface area contributed by atoms with Crippen LogP contribution in [0.1, 0.15) is 102 Å². The number of Topliss-reactive ketones (excluding diaryl/α,β-unsaturated/α-hetero) is 1. The number of hydrogen-bond acceptors (Lipinski definition) is 3. The fourth-order valence-electron chi connectivity index (χ4n) is 5.22. The van der Waals surface area contributed by atoms with E-state index in [1.165, 1.54) is 38.5 Å². The molecule has 2 rings (SSSR count). The van der Waals surface area contributed by atoms with Crippen LogP contribution >= 0.6 is 0 Å². The molecule has 1 fully saturated rings. The van der Waals surface area contributed by atoms with E-state index >= 15 is 0 Å². The van der Waals surface area contributed by atoms with Crippen LogP contribution in [-0.2, 0) is 4.74 Å². The van der Waals surface area contributed by atoms with Crippen molar-refractivity contribution in [2.24, 2.45) is 22.7 Å². The maximum atomic E-state index is 13.2. The number of alkyl halides is 4. The van der Waals surface area contributed by atoms with Crippen molar-refractivity contribution in [2.75, 3.05) is 7.11 Å². The van der Waals surface area contributed by atoms with E-state index in [1.54, 1.807) is 31.2 Å². The van der Waals surface area contributed by atoms with Gasteiger partial charge in [-0.05, 0) is 50.4 Å². The fraction of sp³-hybridized carbons (Fsp3) is 0.633. The SMILES string of the molecule is C=C=C(N=C(OC)C(F)(F)F)c1ccc(C(=O)CC[C@H](C)CC2CCCC(CCC(C)F)CCC2)cc1.[HH]. The Morgan fingerprint density at radius 2 is 1.65 bits per heavy atom. The summed E-state index contributed by atoms with van der Waals surface area (Å²) < 4.78 is 56.3. The molecule has 0 saturated heterocycles. The monoisotopic (exact) mass is 525 g/mol. The van der Waals surface area contributed by atoms with Gasteiger partial charge in [0.05, 0.1) is 13.3 Å². The van der Waals surface area contributed by atoms with Gasteiger partial charge in [-0.1, -0.05) is 76.3 Å². The molecule has 0 bridgehead atoms. The molecule has 1 aromatic carbocycles. The molecule has 1 saturated carbocycles. The van der Waals surface area contributed by atoms with Crippen molar-refractivity contribution in [1.82, 2.24) is 0 Å². The van der Waals surface area contributed by atoms with Gasteiger partial charge in [0, 0.05) is 19.0 Å². The van der Waals surface area contributed by atoms with E-state index in [1.807, 2.05) is 0 Å². The van der Waals surface area contributed by atoms with Gasteiger partial charge in [-0.2, -0.15) is 13.2 Å². The second kappa shape index (κ2) is 15.1. The minimum Gasteiger partial charge on any atom is -0.478 e. The minimum atomic E-state index is -4.73. The number of halogens is 4. The Bertz CT molecular complexity index is 927. The van der Waals surface area contributed by atoms with E-state index < -0.39 is 18.2 Å². The van der Waals surface area contributed by atoms with Crippen LogP contribution in [0.2, 0.25) is 0 Å². The minimum absolute atomic E-state index is 0. The summed E-state index contributed by atoms with van der Waals surface area (Å²) in [6.45, 7) is 7.26. The molecule has 0 N–H and O–H groups in total. The molecular formula is C30H43F4NO2. The Labute approximate surface area is 220 Å². The Kier molecular flexibility index (Phi) is 12.6. The highest BCUT2D eigenvalue weighted by Gasteiger charge is 2.38. The number of benzene rings is 1. The van der Waals surface area contributed by atoms with Crippen LogP contribution < -0.4 is 0 Å². The summed E-state index contributed by atoms with van der Waals surface area (Å²) in [6.07, 6.45) is 5.82. The predicted octanol–water partition coefficient (Wildman–Crippen LogP) is 9.38. The van der Waals surface area contributed by atoms with E-state index in [2.05, 4.69) is 29.0 Å². The standard InChI is InChI=1S/C30H41F4NO2.H2/c1-5-27(35-29(37-4)30(32,33)34)25-15-17-26(18-16-25)28(36)19-12-21(2)20-24-10-6-8-23(9-7-11-24)14-13-22(3)31;/h15-18,21-24H,1,6-14,19-20H2,2-4H3;1H/t21-,22?,23?,24?;/m0./s1. The van der Waals surface area contributed by atoms with Crippen LogP contribution in [0.3, 0.4) is 0 Å². The van der Waals surface area contributed by atoms with E-state index in [9.17, 15) is 22.4 Å². The highest BCUT2D eigenvalue weighted by molar-refractivity contribution is 5.96. The molecule has 0 spiro atoms. The highest BCUT2D eigenvalue weighted by Crippen LogP contribution is 2.33. The van der Waals surface area contributed by atoms with Gasteiger partial charge in [0.2, 0.25) is 0 Å². The molecule has 3 nitrogen and oxygen atoms in total. The number of aliphatic imine (C=N–C) groups is 1. The lowest BCUT2D eigenvalue weighted by Crippen LogP contribution is -2.24. The van der Waals surface area contributed by atoms with Crippen molar-refractivity contribution >= 4 is 17.4 Å². The summed E-state index contributed by atoms with van der Waals surface area (Å²) in [5, 5.41) is 0. The van der Waals surface area contributed by atoms with Gasteiger partial charge in [0.25, 0.3) is 5.90 Å². The molecule has 0 aromatic heterocycles. The molecule has 1 aromatic rings. The van der Waals surface area contributed by atoms with Gasteiger partial charge in [-0.25, -0.2) is 9.38 Å². The molecule has 2 atom stereocenters. The van der Waals surface area contributed by atoms with Crippen molar-refractivity contribution in [3.8, 4) is 0 Å². The third kappa shape index (κ3) is 10.9. The van der Waals surface area contributed by atoms with Crippen LogP contribution in [0.5, 0.6) is 0 Å². The van der Waals surface area contributed by atoms with Gasteiger partial charge in [-0.15, -0.1) is 5.73 Å². The second-order valence-corrected chi connectivity index (χ2v) is 10.5. The number of methoxy groups -OCH3 is 1. The number of hydrogen-bond donors (Lipinski definition) is 0. The zero-order valence-corrected chi connectivity index (χ0v) is 22.4. The molecule has 7 heteroatoms. The molecule has 0 aliphatic heterocycles. The highest BCUT2D eigenvalue weighted by atomic mass is 19.4. The number of ether oxygens (including phenoxy) is 1. The van der Waals surface area contributed by atoms with E-state index in [-0.39, 0.29) is 12.9 Å². The average molecular weight is 526 g/mol. The predicted molar refractivity (Wildman–Crippen MR) is 143 cm³/mol. The first-order valence-corrected chi connectivity index (χ1v) is 13.4. The van der Waals surface area contributed by atoms with Gasteiger partial charge in [-0.3, -0.25) is 4.79 Å². The van der Waals surface area contributed by atoms with Crippen molar-refractivity contribution in [3.63, 3.8) is 0 Å². The van der Waals surface area contributed by atoms with Crippen LogP contribution in [0.25, 0.3) is 5.70 Å². The van der Waals surface area contributed by atoms with Crippen LogP contribution in [0.15, 0.2) is 41.6 Å². The third-order valence-corrected chi connectivity index (χ3v) is 7.32. The number of nitrogens with zero attached hydrogens (tertiary/aromatic N) is 1. The topological polar surface area (TPSA) is 38.7 Å². The maximum Gasteiger partial charge on any atom is 0.468 e. The van der Waals surface area contributed by atoms with Crippen molar-refractivity contribution < 1.29 is 28.5 Å². The normalized spacial score (nSPS) is 20.8. The van der Waals surface area contributed by atoms with Gasteiger partial charge in [0.15, 0.2) is 5.78 Å². The zero-order valence-electron chi connectivity index (χ0n) is 22.4. The molecule has 208 valence electrons. The van der Waals surface area contributed by atoms with Crippen molar-refractivity contribution in [1.29, 1.82) is 0 Å². The first kappa shape index (κ1) is 30.8. The fourth-order valence-corrected chi connectivity index (χ4v) is 5.22. The van der Waals surface area contributed by atoms with Crippen LogP contribution in [-0.4, -0.2) is 31.1 Å². The largest absolute Gasteiger partial charge is 0.478 e. The number of carbonyl (C=O) groups excluding carboxylic acids is 1. The van der Waals surface area contributed by atoms with E-state index in [0.29, 0.717) is 41.7 Å². The summed E-state index contributed by atoms with van der Waals surface area (Å²) in [4.78, 5) is 16.2. The molecule has 37 heavy (non-hydrogen) atoms. The lowest BCUT2D eigenvalue weighted by molar-refractivity contribution is -0.0754. The summed E-state index contributed by atoms with van der Waals surface area (Å²) in [7, 11) is 0.903. The van der Waals surface area contributed by atoms with Crippen molar-refractivity contribution in [2.45, 2.75) is 96.8 Å². The van der Waals surface area contributed by atoms with Gasteiger partial charge in [0.1, 0.15) is 5.70 Å². The second-order valence-electron chi connectivity index (χ2n) is 10.5. The lowest BCUT2D eigenvalue weighted by Gasteiger charge is -2.26. The maximum absolute atomic E-state index is 13.2. The van der Waals surface area contributed by atoms with Crippen LogP contribution in [0.4, 0.5) is 17.6 Å². The Hall–Kier alpha value is -2.40. The third-order valence-electron chi connectivity index (χ3n) is 7.32. The van der Waals surface area contributed by atoms with E-state index in [0.717, 1.165) is 26.4 Å². The van der Waals surface area contributed by atoms with Gasteiger partial charge < -0.3 is 4.74 Å². The molecule has 1 aliphatic carbocycles. The quantitative estimate of drug-likeness (QED) is 0.0949. The molecule has 0 amide bonds. The van der Waals surface area contributed by atoms with E-state index in [4.69, 9.17) is 0 Å². The Balaban J connectivity index is 0.00000722. The number of carbonyl (C=O) groups is 1. The van der Waals surface area contributed by atoms with Crippen LogP contribution in [0, 0.1) is 17.8 Å². The Morgan fingerprint density at radius 1 is 1.08 bits per heavy atom. The summed E-state index contributed by atoms with van der Waals surface area (Å²) in [6, 6.07) is 6.30. The summed E-state index contributed by atoms with van der Waals surface area (Å²) >= 11 is 0. The average Bonchev–Trinajstić information content (AvgIpc) is 2.83. The molecular weight excluding hydrogens is 482 g/mol. The molecule has 1 unspecified atom stereocenters.